The van der Waals surface area contributed by atoms with E-state index in [2.05, 4.69) is 0 Å². The first-order chi connectivity index (χ1) is 7.16. The van der Waals surface area contributed by atoms with Crippen LogP contribution in [0.15, 0.2) is 18.2 Å². The first-order valence-corrected chi connectivity index (χ1v) is 3.91. The molecule has 0 amide bonds. The minimum Gasteiger partial charge on any atom is -0.324 e. The lowest BCUT2D eigenvalue weighted by Gasteiger charge is -2.14. The lowest BCUT2D eigenvalue weighted by Crippen LogP contribution is -2.16. The Morgan fingerprint density at radius 2 is 1.50 bits per heavy atom. The topological polar surface area (TPSA) is 38.0 Å². The van der Waals surface area contributed by atoms with Gasteiger partial charge >= 0.3 is 12.4 Å². The highest BCUT2D eigenvalue weighted by Gasteiger charge is 2.36. The third kappa shape index (κ3) is 2.57. The third-order valence-corrected chi connectivity index (χ3v) is 1.81. The normalized spacial score (nSPS) is 12.7. The fourth-order valence-corrected chi connectivity index (χ4v) is 1.09. The molecular formula is C8H6F6N2. The number of nitrogens with one attached hydrogen (secondary N) is 1. The highest BCUT2D eigenvalue weighted by atomic mass is 19.4. The predicted molar refractivity (Wildman–Crippen MR) is 44.3 cm³/mol. The molecule has 0 aromatic heterocycles. The summed E-state index contributed by atoms with van der Waals surface area (Å²) in [6, 6.07) is 0.991. The molecule has 16 heavy (non-hydrogen) atoms. The molecule has 1 aromatic rings. The van der Waals surface area contributed by atoms with Gasteiger partial charge in [-0.2, -0.15) is 26.3 Å². The summed E-state index contributed by atoms with van der Waals surface area (Å²) >= 11 is 0. The van der Waals surface area contributed by atoms with Crippen LogP contribution < -0.4 is 11.3 Å². The van der Waals surface area contributed by atoms with Crippen LogP contribution in [-0.4, -0.2) is 0 Å². The molecular weight excluding hydrogens is 238 g/mol. The number of halogens is 6. The number of rotatable bonds is 1. The van der Waals surface area contributed by atoms with Crippen LogP contribution in [-0.2, 0) is 12.4 Å². The molecule has 0 atom stereocenters. The Labute approximate surface area is 86.0 Å². The minimum absolute atomic E-state index is 0.308. The van der Waals surface area contributed by atoms with Gasteiger partial charge in [-0.25, -0.2) is 0 Å². The van der Waals surface area contributed by atoms with Crippen molar-refractivity contribution in [3.8, 4) is 0 Å². The van der Waals surface area contributed by atoms with E-state index >= 15 is 0 Å². The van der Waals surface area contributed by atoms with Gasteiger partial charge in [0, 0.05) is 0 Å². The van der Waals surface area contributed by atoms with E-state index in [1.165, 1.54) is 0 Å². The second-order valence-corrected chi connectivity index (χ2v) is 2.90. The Morgan fingerprint density at radius 1 is 0.938 bits per heavy atom. The van der Waals surface area contributed by atoms with Crippen molar-refractivity contribution in [3.05, 3.63) is 29.3 Å². The van der Waals surface area contributed by atoms with Gasteiger partial charge in [-0.3, -0.25) is 5.84 Å². The fourth-order valence-electron chi connectivity index (χ4n) is 1.09. The molecule has 0 heterocycles. The Hall–Kier alpha value is -1.44. The lowest BCUT2D eigenvalue weighted by molar-refractivity contribution is -0.140. The van der Waals surface area contributed by atoms with Gasteiger partial charge < -0.3 is 5.43 Å². The van der Waals surface area contributed by atoms with Crippen molar-refractivity contribution in [2.24, 2.45) is 5.84 Å². The first kappa shape index (κ1) is 12.6. The van der Waals surface area contributed by atoms with Gasteiger partial charge in [0.25, 0.3) is 0 Å². The number of benzene rings is 1. The van der Waals surface area contributed by atoms with Gasteiger partial charge in [0.05, 0.1) is 16.8 Å². The van der Waals surface area contributed by atoms with E-state index in [4.69, 9.17) is 5.84 Å². The van der Waals surface area contributed by atoms with E-state index in [1.807, 2.05) is 0 Å². The zero-order chi connectivity index (χ0) is 12.6. The van der Waals surface area contributed by atoms with E-state index in [9.17, 15) is 26.3 Å². The number of alkyl halides is 6. The Morgan fingerprint density at radius 3 is 1.88 bits per heavy atom. The van der Waals surface area contributed by atoms with Crippen molar-refractivity contribution in [1.82, 2.24) is 0 Å². The molecule has 1 aromatic carbocycles. The van der Waals surface area contributed by atoms with E-state index in [0.29, 0.717) is 18.2 Å². The van der Waals surface area contributed by atoms with Crippen LogP contribution in [0.1, 0.15) is 11.1 Å². The number of hydrogen-bond donors (Lipinski definition) is 2. The van der Waals surface area contributed by atoms with E-state index in [1.54, 1.807) is 5.43 Å². The highest BCUT2D eigenvalue weighted by Crippen LogP contribution is 2.38. The summed E-state index contributed by atoms with van der Waals surface area (Å²) in [6.07, 6.45) is -9.47. The van der Waals surface area contributed by atoms with Crippen LogP contribution in [0, 0.1) is 0 Å². The smallest absolute Gasteiger partial charge is 0.324 e. The maximum atomic E-state index is 12.3. The quantitative estimate of drug-likeness (QED) is 0.452. The Balaban J connectivity index is 3.28. The van der Waals surface area contributed by atoms with Gasteiger partial charge in [0.1, 0.15) is 0 Å². The third-order valence-electron chi connectivity index (χ3n) is 1.81. The van der Waals surface area contributed by atoms with Crippen LogP contribution in [0.4, 0.5) is 32.0 Å². The van der Waals surface area contributed by atoms with Crippen LogP contribution in [0.25, 0.3) is 0 Å². The number of nitrogen functional groups attached to an aromatic ring is 1. The van der Waals surface area contributed by atoms with Crippen molar-refractivity contribution in [2.45, 2.75) is 12.4 Å². The van der Waals surface area contributed by atoms with Gasteiger partial charge in [0.2, 0.25) is 0 Å². The van der Waals surface area contributed by atoms with E-state index in [-0.39, 0.29) is 0 Å². The monoisotopic (exact) mass is 244 g/mol. The minimum atomic E-state index is -4.76. The van der Waals surface area contributed by atoms with Crippen LogP contribution in [0.5, 0.6) is 0 Å². The Kier molecular flexibility index (Phi) is 3.04. The molecule has 0 spiro atoms. The zero-order valence-electron chi connectivity index (χ0n) is 7.58. The van der Waals surface area contributed by atoms with Crippen molar-refractivity contribution in [3.63, 3.8) is 0 Å². The van der Waals surface area contributed by atoms with Gasteiger partial charge in [0.15, 0.2) is 0 Å². The van der Waals surface area contributed by atoms with E-state index < -0.39 is 29.2 Å². The second-order valence-electron chi connectivity index (χ2n) is 2.90. The van der Waals surface area contributed by atoms with Crippen molar-refractivity contribution in [2.75, 3.05) is 5.43 Å². The van der Waals surface area contributed by atoms with Crippen molar-refractivity contribution in [1.29, 1.82) is 0 Å². The summed E-state index contributed by atoms with van der Waals surface area (Å²) in [4.78, 5) is 0. The van der Waals surface area contributed by atoms with Crippen LogP contribution in [0.2, 0.25) is 0 Å². The molecule has 0 unspecified atom stereocenters. The standard InChI is InChI=1S/C8H6F6N2/c9-7(10,11)4-1-2-5(8(12,13)14)6(3-4)16-15/h1-3,16H,15H2. The Bertz CT molecular complexity index is 381. The molecule has 0 bridgehead atoms. The summed E-state index contributed by atoms with van der Waals surface area (Å²) < 4.78 is 73.4. The predicted octanol–water partition coefficient (Wildman–Crippen LogP) is 3.01. The van der Waals surface area contributed by atoms with Crippen molar-refractivity contribution >= 4 is 5.69 Å². The maximum Gasteiger partial charge on any atom is 0.418 e. The summed E-state index contributed by atoms with van der Waals surface area (Å²) in [6.45, 7) is 0. The largest absolute Gasteiger partial charge is 0.418 e. The molecule has 0 aliphatic heterocycles. The second kappa shape index (κ2) is 3.85. The fraction of sp³-hybridized carbons (Fsp3) is 0.250. The molecule has 0 aliphatic rings. The number of hydrazine groups is 1. The SMILES string of the molecule is NNc1cc(C(F)(F)F)ccc1C(F)(F)F. The molecule has 1 rings (SSSR count). The molecule has 0 aliphatic carbocycles. The molecule has 0 saturated heterocycles. The molecule has 0 fully saturated rings. The number of hydrogen-bond acceptors (Lipinski definition) is 2. The molecule has 3 N–H and O–H groups in total. The van der Waals surface area contributed by atoms with Crippen LogP contribution >= 0.6 is 0 Å². The van der Waals surface area contributed by atoms with Gasteiger partial charge in [-0.15, -0.1) is 0 Å². The highest BCUT2D eigenvalue weighted by molar-refractivity contribution is 5.54. The molecule has 0 radical (unpaired) electrons. The number of nitrogens with two attached hydrogens (primary N) is 1. The summed E-state index contributed by atoms with van der Waals surface area (Å²) in [5.74, 6) is 4.74. The summed E-state index contributed by atoms with van der Waals surface area (Å²) in [5, 5.41) is 0. The molecule has 90 valence electrons. The maximum absolute atomic E-state index is 12.3. The summed E-state index contributed by atoms with van der Waals surface area (Å²) in [5.41, 5.74) is -1.67. The zero-order valence-corrected chi connectivity index (χ0v) is 7.58. The van der Waals surface area contributed by atoms with E-state index in [0.717, 1.165) is 0 Å². The molecule has 8 heteroatoms. The first-order valence-electron chi connectivity index (χ1n) is 3.91. The lowest BCUT2D eigenvalue weighted by atomic mass is 10.1. The van der Waals surface area contributed by atoms with Gasteiger partial charge in [-0.05, 0) is 18.2 Å². The van der Waals surface area contributed by atoms with Crippen LogP contribution in [0.3, 0.4) is 0 Å². The number of anilines is 1. The average Bonchev–Trinajstić information content (AvgIpc) is 2.14. The summed E-state index contributed by atoms with van der Waals surface area (Å²) in [7, 11) is 0. The van der Waals surface area contributed by atoms with Gasteiger partial charge in [-0.1, -0.05) is 0 Å². The average molecular weight is 244 g/mol. The molecule has 2 nitrogen and oxygen atoms in total. The molecule has 0 saturated carbocycles. The van der Waals surface area contributed by atoms with Crippen molar-refractivity contribution < 1.29 is 26.3 Å².